The zero-order chi connectivity index (χ0) is 16.5. The van der Waals surface area contributed by atoms with Crippen LogP contribution >= 0.6 is 11.6 Å². The summed E-state index contributed by atoms with van der Waals surface area (Å²) >= 11 is 6.37. The quantitative estimate of drug-likeness (QED) is 0.447. The molecule has 0 amide bonds. The molecule has 2 heteroatoms. The van der Waals surface area contributed by atoms with Gasteiger partial charge in [0, 0.05) is 0 Å². The van der Waals surface area contributed by atoms with Crippen LogP contribution in [0.4, 0.5) is 0 Å². The van der Waals surface area contributed by atoms with Crippen molar-refractivity contribution in [1.82, 2.24) is 0 Å². The third-order valence-corrected chi connectivity index (χ3v) is 4.37. The maximum Gasteiger partial charge on any atom is 0.137 e. The molecule has 0 unspecified atom stereocenters. The van der Waals surface area contributed by atoms with E-state index in [1.165, 1.54) is 43.2 Å². The molecule has 0 radical (unpaired) electrons. The second-order valence-corrected chi connectivity index (χ2v) is 6.53. The van der Waals surface area contributed by atoms with Crippen molar-refractivity contribution < 1.29 is 4.74 Å². The number of hydrogen-bond acceptors (Lipinski definition) is 1. The van der Waals surface area contributed by atoms with Crippen molar-refractivity contribution in [3.05, 3.63) is 53.1 Å². The summed E-state index contributed by atoms with van der Waals surface area (Å²) < 4.78 is 5.82. The lowest BCUT2D eigenvalue weighted by atomic mass is 10.0. The lowest BCUT2D eigenvalue weighted by molar-refractivity contribution is 0.304. The highest BCUT2D eigenvalue weighted by molar-refractivity contribution is 6.32. The van der Waals surface area contributed by atoms with E-state index in [0.717, 1.165) is 24.3 Å². The van der Waals surface area contributed by atoms with E-state index in [0.29, 0.717) is 5.02 Å². The molecule has 0 aromatic heterocycles. The van der Waals surface area contributed by atoms with Crippen molar-refractivity contribution in [3.63, 3.8) is 0 Å². The van der Waals surface area contributed by atoms with Crippen molar-refractivity contribution in [2.75, 3.05) is 6.61 Å². The highest BCUT2D eigenvalue weighted by Gasteiger charge is 2.05. The molecule has 0 saturated carbocycles. The smallest absolute Gasteiger partial charge is 0.137 e. The Bertz CT molecular complexity index is 589. The van der Waals surface area contributed by atoms with Gasteiger partial charge < -0.3 is 4.74 Å². The molecule has 1 nitrogen and oxygen atoms in total. The van der Waals surface area contributed by atoms with Crippen LogP contribution in [0, 0.1) is 6.92 Å². The van der Waals surface area contributed by atoms with Gasteiger partial charge in [0.05, 0.1) is 11.6 Å². The summed E-state index contributed by atoms with van der Waals surface area (Å²) in [5.41, 5.74) is 3.57. The van der Waals surface area contributed by atoms with Gasteiger partial charge in [0.1, 0.15) is 5.75 Å². The summed E-state index contributed by atoms with van der Waals surface area (Å²) in [6, 6.07) is 14.5. The first-order chi connectivity index (χ1) is 11.2. The molecule has 0 saturated heterocycles. The summed E-state index contributed by atoms with van der Waals surface area (Å²) in [6.45, 7) is 5.08. The minimum absolute atomic E-state index is 0.689. The Hall–Kier alpha value is -1.47. The van der Waals surface area contributed by atoms with Crippen LogP contribution in [0.25, 0.3) is 11.1 Å². The fourth-order valence-electron chi connectivity index (χ4n) is 2.61. The van der Waals surface area contributed by atoms with Crippen molar-refractivity contribution in [2.45, 2.75) is 52.4 Å². The Morgan fingerprint density at radius 3 is 2.17 bits per heavy atom. The van der Waals surface area contributed by atoms with E-state index in [-0.39, 0.29) is 0 Å². The predicted molar refractivity (Wildman–Crippen MR) is 100 cm³/mol. The van der Waals surface area contributed by atoms with Crippen LogP contribution < -0.4 is 4.74 Å². The monoisotopic (exact) mass is 330 g/mol. The first kappa shape index (κ1) is 17.9. The number of unbranched alkanes of at least 4 members (excludes halogenated alkanes) is 5. The fourth-order valence-corrected chi connectivity index (χ4v) is 2.84. The van der Waals surface area contributed by atoms with Crippen LogP contribution in [0.15, 0.2) is 42.5 Å². The van der Waals surface area contributed by atoms with Gasteiger partial charge in [-0.3, -0.25) is 0 Å². The van der Waals surface area contributed by atoms with Crippen molar-refractivity contribution in [3.8, 4) is 16.9 Å². The molecular weight excluding hydrogens is 304 g/mol. The SMILES string of the molecule is CCCCCCCCOc1ccc(-c2ccc(C)cc2)cc1Cl. The maximum absolute atomic E-state index is 6.37. The fraction of sp³-hybridized carbons (Fsp3) is 0.429. The second kappa shape index (κ2) is 9.62. The Morgan fingerprint density at radius 1 is 0.826 bits per heavy atom. The molecule has 0 bridgehead atoms. The minimum Gasteiger partial charge on any atom is -0.492 e. The lowest BCUT2D eigenvalue weighted by Crippen LogP contribution is -1.98. The average Bonchev–Trinajstić information content (AvgIpc) is 2.56. The summed E-state index contributed by atoms with van der Waals surface area (Å²) in [4.78, 5) is 0. The normalized spacial score (nSPS) is 10.7. The van der Waals surface area contributed by atoms with Gasteiger partial charge in [-0.25, -0.2) is 0 Å². The van der Waals surface area contributed by atoms with E-state index in [1.807, 2.05) is 12.1 Å². The third kappa shape index (κ3) is 5.91. The molecule has 0 heterocycles. The van der Waals surface area contributed by atoms with Crippen LogP contribution in [-0.4, -0.2) is 6.61 Å². The summed E-state index contributed by atoms with van der Waals surface area (Å²) in [5.74, 6) is 0.788. The van der Waals surface area contributed by atoms with Crippen LogP contribution in [-0.2, 0) is 0 Å². The van der Waals surface area contributed by atoms with E-state index in [2.05, 4.69) is 44.2 Å². The van der Waals surface area contributed by atoms with Gasteiger partial charge in [-0.1, -0.05) is 86.5 Å². The van der Waals surface area contributed by atoms with E-state index < -0.39 is 0 Å². The Labute approximate surface area is 145 Å². The number of halogens is 1. The van der Waals surface area contributed by atoms with Gasteiger partial charge in [-0.05, 0) is 36.6 Å². The number of ether oxygens (including phenoxy) is 1. The van der Waals surface area contributed by atoms with Crippen LogP contribution in [0.5, 0.6) is 5.75 Å². The molecule has 2 aromatic rings. The standard InChI is InChI=1S/C21H27ClO/c1-3-4-5-6-7-8-15-23-21-14-13-19(16-20(21)22)18-11-9-17(2)10-12-18/h9-14,16H,3-8,15H2,1-2H3. The molecule has 0 aliphatic carbocycles. The number of hydrogen-bond donors (Lipinski definition) is 0. The van der Waals surface area contributed by atoms with Gasteiger partial charge in [0.25, 0.3) is 0 Å². The van der Waals surface area contributed by atoms with Gasteiger partial charge >= 0.3 is 0 Å². The van der Waals surface area contributed by atoms with Gasteiger partial charge in [0.2, 0.25) is 0 Å². The molecule has 0 aliphatic heterocycles. The average molecular weight is 331 g/mol. The number of benzene rings is 2. The van der Waals surface area contributed by atoms with E-state index in [4.69, 9.17) is 16.3 Å². The van der Waals surface area contributed by atoms with Gasteiger partial charge in [0.15, 0.2) is 0 Å². The molecule has 0 fully saturated rings. The largest absolute Gasteiger partial charge is 0.492 e. The van der Waals surface area contributed by atoms with Gasteiger partial charge in [-0.2, -0.15) is 0 Å². The first-order valence-electron chi connectivity index (χ1n) is 8.70. The van der Waals surface area contributed by atoms with Gasteiger partial charge in [-0.15, -0.1) is 0 Å². The molecule has 2 aromatic carbocycles. The molecule has 0 aliphatic rings. The van der Waals surface area contributed by atoms with Crippen LogP contribution in [0.2, 0.25) is 5.02 Å². The molecule has 0 atom stereocenters. The zero-order valence-corrected chi connectivity index (χ0v) is 15.0. The highest BCUT2D eigenvalue weighted by atomic mass is 35.5. The number of rotatable bonds is 9. The maximum atomic E-state index is 6.37. The van der Waals surface area contributed by atoms with E-state index in [9.17, 15) is 0 Å². The van der Waals surface area contributed by atoms with Crippen molar-refractivity contribution >= 4 is 11.6 Å². The molecule has 124 valence electrons. The Morgan fingerprint density at radius 2 is 1.48 bits per heavy atom. The zero-order valence-electron chi connectivity index (χ0n) is 14.3. The molecule has 2 rings (SSSR count). The van der Waals surface area contributed by atoms with Crippen LogP contribution in [0.3, 0.4) is 0 Å². The van der Waals surface area contributed by atoms with E-state index in [1.54, 1.807) is 0 Å². The summed E-state index contributed by atoms with van der Waals surface area (Å²) in [7, 11) is 0. The first-order valence-corrected chi connectivity index (χ1v) is 9.08. The molecule has 0 N–H and O–H groups in total. The van der Waals surface area contributed by atoms with Crippen molar-refractivity contribution in [1.29, 1.82) is 0 Å². The Kier molecular flexibility index (Phi) is 7.48. The highest BCUT2D eigenvalue weighted by Crippen LogP contribution is 2.30. The predicted octanol–water partition coefficient (Wildman–Crippen LogP) is 7.05. The topological polar surface area (TPSA) is 9.23 Å². The Balaban J connectivity index is 1.83. The summed E-state index contributed by atoms with van der Waals surface area (Å²) in [5, 5.41) is 0.689. The number of aryl methyl sites for hydroxylation is 1. The summed E-state index contributed by atoms with van der Waals surface area (Å²) in [6.07, 6.45) is 7.60. The second-order valence-electron chi connectivity index (χ2n) is 6.13. The third-order valence-electron chi connectivity index (χ3n) is 4.07. The van der Waals surface area contributed by atoms with E-state index >= 15 is 0 Å². The lowest BCUT2D eigenvalue weighted by Gasteiger charge is -2.10. The molecule has 0 spiro atoms. The minimum atomic E-state index is 0.689. The van der Waals surface area contributed by atoms with Crippen LogP contribution in [0.1, 0.15) is 51.0 Å². The molecule has 23 heavy (non-hydrogen) atoms. The van der Waals surface area contributed by atoms with Crippen molar-refractivity contribution in [2.24, 2.45) is 0 Å². The molecular formula is C21H27ClO.